The minimum atomic E-state index is 0.0869. The molecule has 0 heterocycles. The Hall–Kier alpha value is -2.10. The van der Waals surface area contributed by atoms with Gasteiger partial charge < -0.3 is 10.6 Å². The third-order valence-electron chi connectivity index (χ3n) is 5.23. The zero-order chi connectivity index (χ0) is 17.1. The Kier molecular flexibility index (Phi) is 5.03. The van der Waals surface area contributed by atoms with Crippen LogP contribution >= 0.6 is 0 Å². The van der Waals surface area contributed by atoms with Crippen LogP contribution < -0.4 is 10.6 Å². The molecule has 0 atom stereocenters. The average Bonchev–Trinajstić information content (AvgIpc) is 2.87. The van der Waals surface area contributed by atoms with Crippen molar-refractivity contribution in [1.82, 2.24) is 5.32 Å². The lowest BCUT2D eigenvalue weighted by Crippen LogP contribution is -2.36. The van der Waals surface area contributed by atoms with E-state index in [1.807, 2.05) is 38.1 Å². The van der Waals surface area contributed by atoms with Crippen LogP contribution in [0.4, 0.5) is 5.69 Å². The highest BCUT2D eigenvalue weighted by Gasteiger charge is 2.28. The predicted molar refractivity (Wildman–Crippen MR) is 95.6 cm³/mol. The third-order valence-corrected chi connectivity index (χ3v) is 5.23. The molecule has 0 aromatic heterocycles. The fourth-order valence-electron chi connectivity index (χ4n) is 3.68. The van der Waals surface area contributed by atoms with E-state index in [0.717, 1.165) is 54.6 Å². The lowest BCUT2D eigenvalue weighted by Gasteiger charge is -2.29. The number of hydrogen-bond donors (Lipinski definition) is 2. The summed E-state index contributed by atoms with van der Waals surface area (Å²) >= 11 is 0. The van der Waals surface area contributed by atoms with E-state index < -0.39 is 0 Å². The number of aryl methyl sites for hydroxylation is 1. The summed E-state index contributed by atoms with van der Waals surface area (Å²) in [5.74, 6) is 0.484. The highest BCUT2D eigenvalue weighted by atomic mass is 16.2. The lowest BCUT2D eigenvalue weighted by molar-refractivity contribution is -0.120. The van der Waals surface area contributed by atoms with Crippen molar-refractivity contribution >= 4 is 17.4 Å². The largest absolute Gasteiger partial charge is 0.385 e. The van der Waals surface area contributed by atoms with Crippen LogP contribution in [0.1, 0.15) is 51.0 Å². The molecule has 1 saturated carbocycles. The van der Waals surface area contributed by atoms with Gasteiger partial charge in [0, 0.05) is 35.3 Å². The average molecular weight is 326 g/mol. The molecule has 0 saturated heterocycles. The molecular weight excluding hydrogens is 300 g/mol. The lowest BCUT2D eigenvalue weighted by atomic mass is 9.85. The molecule has 24 heavy (non-hydrogen) atoms. The van der Waals surface area contributed by atoms with Gasteiger partial charge >= 0.3 is 0 Å². The van der Waals surface area contributed by atoms with Crippen molar-refractivity contribution in [2.24, 2.45) is 5.92 Å². The maximum absolute atomic E-state index is 12.4. The summed E-state index contributed by atoms with van der Waals surface area (Å²) in [6, 6.07) is 8.31. The minimum absolute atomic E-state index is 0.0869. The van der Waals surface area contributed by atoms with E-state index in [1.165, 1.54) is 0 Å². The molecule has 0 aliphatic heterocycles. The summed E-state index contributed by atoms with van der Waals surface area (Å²) in [5.41, 5.74) is 4.04. The van der Waals surface area contributed by atoms with Gasteiger partial charge in [0.1, 0.15) is 0 Å². The van der Waals surface area contributed by atoms with Crippen LogP contribution in [0, 0.1) is 12.8 Å². The topological polar surface area (TPSA) is 58.2 Å². The molecule has 1 fully saturated rings. The van der Waals surface area contributed by atoms with E-state index in [-0.39, 0.29) is 17.6 Å². The highest BCUT2D eigenvalue weighted by Crippen LogP contribution is 2.28. The Morgan fingerprint density at radius 1 is 1.08 bits per heavy atom. The first-order chi connectivity index (χ1) is 11.5. The number of hydrogen-bond acceptors (Lipinski definition) is 3. The molecule has 1 amide bonds. The van der Waals surface area contributed by atoms with Gasteiger partial charge in [-0.15, -0.1) is 0 Å². The molecule has 1 aromatic carbocycles. The van der Waals surface area contributed by atoms with Crippen molar-refractivity contribution in [3.8, 4) is 0 Å². The van der Waals surface area contributed by atoms with Crippen LogP contribution in [0.25, 0.3) is 0 Å². The number of rotatable bonds is 4. The van der Waals surface area contributed by atoms with E-state index in [0.29, 0.717) is 12.5 Å². The van der Waals surface area contributed by atoms with Gasteiger partial charge in [-0.3, -0.25) is 9.59 Å². The number of ketones is 1. The Labute approximate surface area is 143 Å². The summed E-state index contributed by atoms with van der Waals surface area (Å²) in [5, 5.41) is 6.58. The summed E-state index contributed by atoms with van der Waals surface area (Å²) in [4.78, 5) is 24.1. The quantitative estimate of drug-likeness (QED) is 0.886. The standard InChI is InChI=1S/C20H26N2O2/c1-13-4-3-5-17(12-13)22-20(24)15-6-8-16(9-7-15)21-18-10-11-19(23)14(18)2/h3-5,12,15-16,21H,6-11H2,1-2H3,(H,22,24). The summed E-state index contributed by atoms with van der Waals surface area (Å²) in [6.07, 6.45) is 5.25. The van der Waals surface area contributed by atoms with Crippen LogP contribution in [-0.2, 0) is 9.59 Å². The molecule has 2 N–H and O–H groups in total. The van der Waals surface area contributed by atoms with Gasteiger partial charge in [-0.05, 0) is 63.6 Å². The van der Waals surface area contributed by atoms with Gasteiger partial charge in [-0.1, -0.05) is 12.1 Å². The summed E-state index contributed by atoms with van der Waals surface area (Å²) in [6.45, 7) is 3.94. The van der Waals surface area contributed by atoms with Gasteiger partial charge in [0.15, 0.2) is 5.78 Å². The van der Waals surface area contributed by atoms with Crippen LogP contribution in [0.3, 0.4) is 0 Å². The van der Waals surface area contributed by atoms with E-state index >= 15 is 0 Å². The van der Waals surface area contributed by atoms with Crippen LogP contribution in [0.5, 0.6) is 0 Å². The van der Waals surface area contributed by atoms with E-state index in [4.69, 9.17) is 0 Å². The summed E-state index contributed by atoms with van der Waals surface area (Å²) in [7, 11) is 0. The molecule has 2 aliphatic carbocycles. The van der Waals surface area contributed by atoms with E-state index in [9.17, 15) is 9.59 Å². The molecule has 0 unspecified atom stereocenters. The van der Waals surface area contributed by atoms with Crippen molar-refractivity contribution in [2.75, 3.05) is 5.32 Å². The van der Waals surface area contributed by atoms with Gasteiger partial charge in [0.2, 0.25) is 5.91 Å². The third kappa shape index (κ3) is 3.86. The second kappa shape index (κ2) is 7.20. The molecule has 3 rings (SSSR count). The van der Waals surface area contributed by atoms with Crippen molar-refractivity contribution in [3.63, 3.8) is 0 Å². The van der Waals surface area contributed by atoms with Crippen molar-refractivity contribution in [2.45, 2.75) is 58.4 Å². The van der Waals surface area contributed by atoms with Gasteiger partial charge in [-0.2, -0.15) is 0 Å². The first-order valence-corrected chi connectivity index (χ1v) is 8.90. The molecular formula is C20H26N2O2. The number of carbonyl (C=O) groups is 2. The number of nitrogens with one attached hydrogen (secondary N) is 2. The van der Waals surface area contributed by atoms with Crippen molar-refractivity contribution < 1.29 is 9.59 Å². The number of amides is 1. The molecule has 0 radical (unpaired) electrons. The molecule has 4 nitrogen and oxygen atoms in total. The molecule has 128 valence electrons. The van der Waals surface area contributed by atoms with Crippen molar-refractivity contribution in [3.05, 3.63) is 41.1 Å². The first-order valence-electron chi connectivity index (χ1n) is 8.90. The maximum Gasteiger partial charge on any atom is 0.227 e. The Bertz CT molecular complexity index is 670. The first kappa shape index (κ1) is 16.7. The van der Waals surface area contributed by atoms with Gasteiger partial charge in [0.25, 0.3) is 0 Å². The molecule has 0 spiro atoms. The molecule has 1 aromatic rings. The minimum Gasteiger partial charge on any atom is -0.385 e. The number of allylic oxidation sites excluding steroid dienone is 2. The van der Waals surface area contributed by atoms with Crippen LogP contribution in [0.15, 0.2) is 35.5 Å². The Morgan fingerprint density at radius 2 is 1.83 bits per heavy atom. The smallest absolute Gasteiger partial charge is 0.227 e. The molecule has 0 bridgehead atoms. The maximum atomic E-state index is 12.4. The SMILES string of the molecule is CC1=C(NC2CCC(C(=O)Nc3cccc(C)c3)CC2)CCC1=O. The number of anilines is 1. The van der Waals surface area contributed by atoms with Crippen LogP contribution in [-0.4, -0.2) is 17.7 Å². The van der Waals surface area contributed by atoms with Crippen molar-refractivity contribution in [1.29, 1.82) is 0 Å². The Balaban J connectivity index is 1.50. The zero-order valence-corrected chi connectivity index (χ0v) is 14.5. The Morgan fingerprint density at radius 3 is 2.46 bits per heavy atom. The second-order valence-corrected chi connectivity index (χ2v) is 7.08. The highest BCUT2D eigenvalue weighted by molar-refractivity contribution is 5.98. The van der Waals surface area contributed by atoms with Crippen LogP contribution in [0.2, 0.25) is 0 Å². The molecule has 2 aliphatic rings. The van der Waals surface area contributed by atoms with E-state index in [2.05, 4.69) is 10.6 Å². The molecule has 4 heteroatoms. The van der Waals surface area contributed by atoms with Gasteiger partial charge in [-0.25, -0.2) is 0 Å². The fraction of sp³-hybridized carbons (Fsp3) is 0.500. The van der Waals surface area contributed by atoms with E-state index in [1.54, 1.807) is 0 Å². The predicted octanol–water partition coefficient (Wildman–Crippen LogP) is 3.72. The monoisotopic (exact) mass is 326 g/mol. The van der Waals surface area contributed by atoms with Gasteiger partial charge in [0.05, 0.1) is 0 Å². The number of benzene rings is 1. The zero-order valence-electron chi connectivity index (χ0n) is 14.5. The second-order valence-electron chi connectivity index (χ2n) is 7.08. The number of Topliss-reactive ketones (excluding diaryl/α,β-unsaturated/α-hetero) is 1. The summed E-state index contributed by atoms with van der Waals surface area (Å²) < 4.78 is 0. The normalized spacial score (nSPS) is 24.2. The number of carbonyl (C=O) groups excluding carboxylic acids is 2. The fourth-order valence-corrected chi connectivity index (χ4v) is 3.68.